The molecule has 0 unspecified atom stereocenters. The first-order chi connectivity index (χ1) is 14.8. The molecule has 0 aliphatic rings. The second kappa shape index (κ2) is 8.23. The molecule has 0 spiro atoms. The van der Waals surface area contributed by atoms with Crippen LogP contribution in [-0.2, 0) is 16.4 Å². The van der Waals surface area contributed by atoms with E-state index < -0.39 is 10.0 Å². The highest BCUT2D eigenvalue weighted by Gasteiger charge is 2.16. The molecule has 0 saturated heterocycles. The predicted octanol–water partition coefficient (Wildman–Crippen LogP) is 4.75. The number of benzene rings is 3. The topological polar surface area (TPSA) is 101 Å². The van der Waals surface area contributed by atoms with Crippen LogP contribution in [0.15, 0.2) is 76.0 Å². The molecule has 3 aromatic carbocycles. The molecule has 2 N–H and O–H groups in total. The first kappa shape index (κ1) is 20.6. The van der Waals surface area contributed by atoms with E-state index in [1.54, 1.807) is 30.3 Å². The zero-order valence-corrected chi connectivity index (χ0v) is 17.9. The van der Waals surface area contributed by atoms with Crippen molar-refractivity contribution in [2.75, 3.05) is 10.0 Å². The first-order valence-corrected chi connectivity index (χ1v) is 11.2. The van der Waals surface area contributed by atoms with Crippen LogP contribution in [0.4, 0.5) is 11.4 Å². The number of aromatic nitrogens is 1. The molecule has 4 rings (SSSR count). The molecule has 4 aromatic rings. The maximum Gasteiger partial charge on any atom is 0.261 e. The minimum atomic E-state index is -3.75. The van der Waals surface area contributed by atoms with Crippen molar-refractivity contribution in [1.29, 1.82) is 0 Å². The van der Waals surface area contributed by atoms with E-state index in [1.165, 1.54) is 24.3 Å². The number of rotatable bonds is 6. The van der Waals surface area contributed by atoms with Gasteiger partial charge in [0, 0.05) is 23.4 Å². The van der Waals surface area contributed by atoms with Gasteiger partial charge in [0.25, 0.3) is 15.9 Å². The quantitative estimate of drug-likeness (QED) is 0.455. The number of hydrogen-bond acceptors (Lipinski definition) is 5. The van der Waals surface area contributed by atoms with E-state index in [2.05, 4.69) is 15.0 Å². The molecule has 1 heterocycles. The van der Waals surface area contributed by atoms with Gasteiger partial charge in [0.05, 0.1) is 4.90 Å². The zero-order chi connectivity index (χ0) is 22.0. The molecular weight excluding hydrogens is 414 g/mol. The van der Waals surface area contributed by atoms with Crippen LogP contribution in [0.1, 0.15) is 28.7 Å². The van der Waals surface area contributed by atoms with E-state index in [1.807, 2.05) is 26.0 Å². The van der Waals surface area contributed by atoms with E-state index in [0.29, 0.717) is 40.3 Å². The fourth-order valence-corrected chi connectivity index (χ4v) is 4.09. The average Bonchev–Trinajstić information content (AvgIpc) is 3.18. The Morgan fingerprint density at radius 3 is 2.32 bits per heavy atom. The molecule has 8 heteroatoms. The van der Waals surface area contributed by atoms with Crippen molar-refractivity contribution < 1.29 is 17.6 Å². The third-order valence-electron chi connectivity index (χ3n) is 4.72. The summed E-state index contributed by atoms with van der Waals surface area (Å²) in [5.74, 6) is 0.281. The maximum atomic E-state index is 12.6. The summed E-state index contributed by atoms with van der Waals surface area (Å²) in [4.78, 5) is 17.0. The smallest absolute Gasteiger partial charge is 0.261 e. The van der Waals surface area contributed by atoms with Gasteiger partial charge in [-0.05, 0) is 61.5 Å². The number of carbonyl (C=O) groups excluding carboxylic acids is 1. The standard InChI is InChI=1S/C23H21N3O4S/c1-3-22-25-20-14-18(10-13-21(20)30-22)24-23(27)16-6-11-19(12-7-16)31(28,29)26-17-8-4-15(2)5-9-17/h4-14,26H,3H2,1-2H3,(H,24,27). The van der Waals surface area contributed by atoms with Gasteiger partial charge in [0.15, 0.2) is 11.5 Å². The SMILES string of the molecule is CCc1nc2cc(NC(=O)c3ccc(S(=O)(=O)Nc4ccc(C)cc4)cc3)ccc2o1. The van der Waals surface area contributed by atoms with Gasteiger partial charge < -0.3 is 9.73 Å². The fourth-order valence-electron chi connectivity index (χ4n) is 3.03. The summed E-state index contributed by atoms with van der Waals surface area (Å²) in [6.45, 7) is 3.88. The van der Waals surface area contributed by atoms with Crippen LogP contribution in [0.3, 0.4) is 0 Å². The minimum absolute atomic E-state index is 0.0701. The Morgan fingerprint density at radius 1 is 0.968 bits per heavy atom. The van der Waals surface area contributed by atoms with E-state index in [-0.39, 0.29) is 10.8 Å². The molecule has 0 fully saturated rings. The normalized spacial score (nSPS) is 11.4. The van der Waals surface area contributed by atoms with E-state index in [0.717, 1.165) is 5.56 Å². The van der Waals surface area contributed by atoms with Gasteiger partial charge in [-0.25, -0.2) is 13.4 Å². The van der Waals surface area contributed by atoms with Gasteiger partial charge in [-0.2, -0.15) is 0 Å². The van der Waals surface area contributed by atoms with Gasteiger partial charge >= 0.3 is 0 Å². The summed E-state index contributed by atoms with van der Waals surface area (Å²) >= 11 is 0. The highest BCUT2D eigenvalue weighted by Crippen LogP contribution is 2.22. The van der Waals surface area contributed by atoms with Crippen LogP contribution >= 0.6 is 0 Å². The third-order valence-corrected chi connectivity index (χ3v) is 6.12. The maximum absolute atomic E-state index is 12.6. The van der Waals surface area contributed by atoms with Gasteiger partial charge in [0.1, 0.15) is 5.52 Å². The van der Waals surface area contributed by atoms with Crippen molar-refractivity contribution in [3.8, 4) is 0 Å². The highest BCUT2D eigenvalue weighted by atomic mass is 32.2. The van der Waals surface area contributed by atoms with Crippen molar-refractivity contribution in [2.45, 2.75) is 25.2 Å². The Kier molecular flexibility index (Phi) is 5.48. The summed E-state index contributed by atoms with van der Waals surface area (Å²) in [5.41, 5.74) is 3.74. The number of fused-ring (bicyclic) bond motifs is 1. The molecule has 0 aliphatic heterocycles. The number of carbonyl (C=O) groups is 1. The van der Waals surface area contributed by atoms with Crippen LogP contribution in [0.5, 0.6) is 0 Å². The molecule has 1 amide bonds. The minimum Gasteiger partial charge on any atom is -0.441 e. The average molecular weight is 436 g/mol. The van der Waals surface area contributed by atoms with E-state index in [9.17, 15) is 13.2 Å². The Hall–Kier alpha value is -3.65. The molecule has 0 aliphatic carbocycles. The molecule has 0 radical (unpaired) electrons. The Balaban J connectivity index is 1.48. The molecule has 0 bridgehead atoms. The number of nitrogens with zero attached hydrogens (tertiary/aromatic N) is 1. The monoisotopic (exact) mass is 435 g/mol. The molecule has 0 atom stereocenters. The number of sulfonamides is 1. The third kappa shape index (κ3) is 4.59. The van der Waals surface area contributed by atoms with Crippen molar-refractivity contribution >= 4 is 38.4 Å². The summed E-state index contributed by atoms with van der Waals surface area (Å²) in [5, 5.41) is 2.80. The molecule has 0 saturated carbocycles. The van der Waals surface area contributed by atoms with Crippen molar-refractivity contribution in [1.82, 2.24) is 4.98 Å². The van der Waals surface area contributed by atoms with E-state index >= 15 is 0 Å². The van der Waals surface area contributed by atoms with Gasteiger partial charge in [-0.1, -0.05) is 24.6 Å². The van der Waals surface area contributed by atoms with Crippen LogP contribution < -0.4 is 10.0 Å². The number of aryl methyl sites for hydroxylation is 2. The van der Waals surface area contributed by atoms with Gasteiger partial charge in [0.2, 0.25) is 0 Å². The summed E-state index contributed by atoms with van der Waals surface area (Å²) in [6.07, 6.45) is 0.685. The lowest BCUT2D eigenvalue weighted by atomic mass is 10.2. The van der Waals surface area contributed by atoms with Crippen molar-refractivity contribution in [3.63, 3.8) is 0 Å². The summed E-state index contributed by atoms with van der Waals surface area (Å²) in [6, 6.07) is 18.0. The molecular formula is C23H21N3O4S. The molecule has 158 valence electrons. The van der Waals surface area contributed by atoms with Gasteiger partial charge in [-0.15, -0.1) is 0 Å². The lowest BCUT2D eigenvalue weighted by molar-refractivity contribution is 0.102. The van der Waals surface area contributed by atoms with Crippen molar-refractivity contribution in [2.24, 2.45) is 0 Å². The second-order valence-corrected chi connectivity index (χ2v) is 8.78. The zero-order valence-electron chi connectivity index (χ0n) is 17.0. The number of hydrogen-bond donors (Lipinski definition) is 2. The Labute approximate surface area is 180 Å². The van der Waals surface area contributed by atoms with Gasteiger partial charge in [-0.3, -0.25) is 9.52 Å². The molecule has 31 heavy (non-hydrogen) atoms. The number of oxazole rings is 1. The fraction of sp³-hybridized carbons (Fsp3) is 0.130. The lowest BCUT2D eigenvalue weighted by Gasteiger charge is -2.09. The second-order valence-electron chi connectivity index (χ2n) is 7.09. The van der Waals surface area contributed by atoms with E-state index in [4.69, 9.17) is 4.42 Å². The van der Waals surface area contributed by atoms with Crippen LogP contribution in [0.25, 0.3) is 11.1 Å². The van der Waals surface area contributed by atoms with Crippen LogP contribution in [-0.4, -0.2) is 19.3 Å². The van der Waals surface area contributed by atoms with Crippen molar-refractivity contribution in [3.05, 3.63) is 83.7 Å². The molecule has 1 aromatic heterocycles. The van der Waals surface area contributed by atoms with Crippen LogP contribution in [0, 0.1) is 6.92 Å². The van der Waals surface area contributed by atoms with Crippen LogP contribution in [0.2, 0.25) is 0 Å². The number of anilines is 2. The summed E-state index contributed by atoms with van der Waals surface area (Å²) < 4.78 is 33.3. The lowest BCUT2D eigenvalue weighted by Crippen LogP contribution is -2.14. The Bertz CT molecular complexity index is 1340. The number of nitrogens with one attached hydrogen (secondary N) is 2. The summed E-state index contributed by atoms with van der Waals surface area (Å²) in [7, 11) is -3.75. The Morgan fingerprint density at radius 2 is 1.65 bits per heavy atom. The largest absolute Gasteiger partial charge is 0.441 e. The first-order valence-electron chi connectivity index (χ1n) is 9.74. The number of amides is 1. The predicted molar refractivity (Wildman–Crippen MR) is 120 cm³/mol. The molecule has 7 nitrogen and oxygen atoms in total. The highest BCUT2D eigenvalue weighted by molar-refractivity contribution is 7.92.